The molecule has 0 unspecified atom stereocenters. The van der Waals surface area contributed by atoms with Gasteiger partial charge in [0.05, 0.1) is 7.11 Å². The van der Waals surface area contributed by atoms with E-state index >= 15 is 0 Å². The molecule has 8 nitrogen and oxygen atoms in total. The van der Waals surface area contributed by atoms with Crippen LogP contribution >= 0.6 is 0 Å². The predicted octanol–water partition coefficient (Wildman–Crippen LogP) is 1.89. The molecule has 0 aliphatic heterocycles. The van der Waals surface area contributed by atoms with Crippen molar-refractivity contribution in [3.63, 3.8) is 0 Å². The molecule has 160 valence electrons. The maximum atomic E-state index is 12.5. The molecule has 0 bridgehead atoms. The summed E-state index contributed by atoms with van der Waals surface area (Å²) in [6, 6.07) is 11.7. The van der Waals surface area contributed by atoms with Crippen molar-refractivity contribution in [1.82, 2.24) is 16.0 Å². The summed E-state index contributed by atoms with van der Waals surface area (Å²) in [6.07, 6.45) is 0. The summed E-state index contributed by atoms with van der Waals surface area (Å²) < 4.78 is 10.8. The van der Waals surface area contributed by atoms with Crippen molar-refractivity contribution >= 4 is 17.7 Å². The zero-order chi connectivity index (χ0) is 22.1. The predicted molar refractivity (Wildman–Crippen MR) is 113 cm³/mol. The summed E-state index contributed by atoms with van der Waals surface area (Å²) >= 11 is 0. The molecule has 0 saturated carbocycles. The van der Waals surface area contributed by atoms with Gasteiger partial charge in [0.1, 0.15) is 0 Å². The Labute approximate surface area is 175 Å². The molecule has 0 saturated heterocycles. The van der Waals surface area contributed by atoms with E-state index in [0.29, 0.717) is 29.2 Å². The van der Waals surface area contributed by atoms with Crippen LogP contribution in [0.4, 0.5) is 0 Å². The van der Waals surface area contributed by atoms with E-state index in [-0.39, 0.29) is 30.4 Å². The van der Waals surface area contributed by atoms with E-state index in [1.165, 1.54) is 7.11 Å². The monoisotopic (exact) mass is 413 g/mol. The van der Waals surface area contributed by atoms with Crippen LogP contribution in [0.25, 0.3) is 0 Å². The molecule has 0 heterocycles. The lowest BCUT2D eigenvalue weighted by atomic mass is 10.1. The minimum atomic E-state index is -0.284. The van der Waals surface area contributed by atoms with E-state index < -0.39 is 0 Å². The van der Waals surface area contributed by atoms with E-state index in [1.807, 2.05) is 13.8 Å². The Hall–Kier alpha value is -3.55. The Balaban J connectivity index is 1.97. The number of carbonyl (C=O) groups excluding carboxylic acids is 3. The highest BCUT2D eigenvalue weighted by Gasteiger charge is 2.13. The second-order valence-corrected chi connectivity index (χ2v) is 6.84. The summed E-state index contributed by atoms with van der Waals surface area (Å²) in [5.74, 6) is 0.0402. The largest absolute Gasteiger partial charge is 0.493 e. The van der Waals surface area contributed by atoms with E-state index in [2.05, 4.69) is 16.0 Å². The van der Waals surface area contributed by atoms with Gasteiger partial charge < -0.3 is 25.4 Å². The van der Waals surface area contributed by atoms with Crippen molar-refractivity contribution < 1.29 is 23.9 Å². The zero-order valence-electron chi connectivity index (χ0n) is 17.6. The van der Waals surface area contributed by atoms with Gasteiger partial charge in [-0.15, -0.1) is 0 Å². The molecular weight excluding hydrogens is 386 g/mol. The summed E-state index contributed by atoms with van der Waals surface area (Å²) in [6.45, 7) is 3.89. The lowest BCUT2D eigenvalue weighted by molar-refractivity contribution is -0.123. The van der Waals surface area contributed by atoms with Crippen LogP contribution in [0.1, 0.15) is 40.1 Å². The first-order chi connectivity index (χ1) is 14.3. The molecule has 0 spiro atoms. The van der Waals surface area contributed by atoms with Crippen molar-refractivity contribution in [2.24, 2.45) is 0 Å². The van der Waals surface area contributed by atoms with Crippen molar-refractivity contribution in [3.8, 4) is 11.5 Å². The molecule has 2 aromatic rings. The summed E-state index contributed by atoms with van der Waals surface area (Å²) in [5, 5.41) is 8.11. The number of hydrogen-bond donors (Lipinski definition) is 3. The molecule has 0 aromatic heterocycles. The summed E-state index contributed by atoms with van der Waals surface area (Å²) in [4.78, 5) is 35.8. The van der Waals surface area contributed by atoms with Gasteiger partial charge in [-0.2, -0.15) is 0 Å². The average molecular weight is 413 g/mol. The fourth-order valence-corrected chi connectivity index (χ4v) is 2.64. The number of carbonyl (C=O) groups is 3. The van der Waals surface area contributed by atoms with Crippen molar-refractivity contribution in [3.05, 3.63) is 59.2 Å². The first-order valence-corrected chi connectivity index (χ1v) is 9.53. The highest BCUT2D eigenvalue weighted by Crippen LogP contribution is 2.28. The zero-order valence-corrected chi connectivity index (χ0v) is 17.6. The van der Waals surface area contributed by atoms with Gasteiger partial charge in [-0.25, -0.2) is 0 Å². The fraction of sp³-hybridized carbons (Fsp3) is 0.318. The average Bonchev–Trinajstić information content (AvgIpc) is 2.75. The van der Waals surface area contributed by atoms with Gasteiger partial charge in [0.25, 0.3) is 17.7 Å². The van der Waals surface area contributed by atoms with Gasteiger partial charge in [-0.1, -0.05) is 12.1 Å². The van der Waals surface area contributed by atoms with Gasteiger partial charge in [0.15, 0.2) is 18.1 Å². The van der Waals surface area contributed by atoms with Crippen LogP contribution in [0.15, 0.2) is 42.5 Å². The third-order valence-corrected chi connectivity index (χ3v) is 4.13. The standard InChI is InChI=1S/C22H27N3O5/c1-14(2)25-20(26)13-30-18-10-9-17(11-19(18)29-4)22(28)24-12-15-5-7-16(8-6-15)21(27)23-3/h5-11,14H,12-13H2,1-4H3,(H,23,27)(H,24,28)(H,25,26). The lowest BCUT2D eigenvalue weighted by Crippen LogP contribution is -2.34. The number of hydrogen-bond acceptors (Lipinski definition) is 5. The third kappa shape index (κ3) is 6.51. The van der Waals surface area contributed by atoms with E-state index in [1.54, 1.807) is 49.5 Å². The van der Waals surface area contributed by atoms with Gasteiger partial charge in [-0.05, 0) is 49.7 Å². The maximum absolute atomic E-state index is 12.5. The van der Waals surface area contributed by atoms with Gasteiger partial charge >= 0.3 is 0 Å². The quantitative estimate of drug-likeness (QED) is 0.582. The Kier molecular flexibility index (Phi) is 8.22. The molecule has 0 radical (unpaired) electrons. The number of benzene rings is 2. The maximum Gasteiger partial charge on any atom is 0.258 e. The first-order valence-electron chi connectivity index (χ1n) is 9.53. The molecule has 3 N–H and O–H groups in total. The normalized spacial score (nSPS) is 10.3. The number of ether oxygens (including phenoxy) is 2. The van der Waals surface area contributed by atoms with Crippen molar-refractivity contribution in [2.75, 3.05) is 20.8 Å². The number of methoxy groups -OCH3 is 1. The topological polar surface area (TPSA) is 106 Å². The molecular formula is C22H27N3O5. The molecule has 0 fully saturated rings. The number of rotatable bonds is 9. The highest BCUT2D eigenvalue weighted by molar-refractivity contribution is 5.95. The van der Waals surface area contributed by atoms with Crippen molar-refractivity contribution in [1.29, 1.82) is 0 Å². The fourth-order valence-electron chi connectivity index (χ4n) is 2.64. The lowest BCUT2D eigenvalue weighted by Gasteiger charge is -2.13. The smallest absolute Gasteiger partial charge is 0.258 e. The number of nitrogens with one attached hydrogen (secondary N) is 3. The third-order valence-electron chi connectivity index (χ3n) is 4.13. The van der Waals surface area contributed by atoms with Crippen LogP contribution in [-0.4, -0.2) is 44.5 Å². The van der Waals surface area contributed by atoms with E-state index in [4.69, 9.17) is 9.47 Å². The Morgan fingerprint density at radius 3 is 2.20 bits per heavy atom. The molecule has 30 heavy (non-hydrogen) atoms. The molecule has 2 aromatic carbocycles. The van der Waals surface area contributed by atoms with Crippen LogP contribution in [0.2, 0.25) is 0 Å². The van der Waals surface area contributed by atoms with E-state index in [9.17, 15) is 14.4 Å². The SMILES string of the molecule is CNC(=O)c1ccc(CNC(=O)c2ccc(OCC(=O)NC(C)C)c(OC)c2)cc1. The molecule has 8 heteroatoms. The van der Waals surface area contributed by atoms with Crippen LogP contribution in [0, 0.1) is 0 Å². The van der Waals surface area contributed by atoms with Crippen LogP contribution in [-0.2, 0) is 11.3 Å². The van der Waals surface area contributed by atoms with Crippen LogP contribution in [0.3, 0.4) is 0 Å². The Bertz CT molecular complexity index is 894. The van der Waals surface area contributed by atoms with Gasteiger partial charge in [-0.3, -0.25) is 14.4 Å². The minimum absolute atomic E-state index is 0.0223. The first kappa shape index (κ1) is 22.7. The minimum Gasteiger partial charge on any atom is -0.493 e. The molecule has 3 amide bonds. The molecule has 0 aliphatic carbocycles. The second-order valence-electron chi connectivity index (χ2n) is 6.84. The van der Waals surface area contributed by atoms with Gasteiger partial charge in [0.2, 0.25) is 0 Å². The number of amides is 3. The Morgan fingerprint density at radius 2 is 1.60 bits per heavy atom. The summed E-state index contributed by atoms with van der Waals surface area (Å²) in [7, 11) is 3.04. The second kappa shape index (κ2) is 10.8. The van der Waals surface area contributed by atoms with Crippen molar-refractivity contribution in [2.45, 2.75) is 26.4 Å². The van der Waals surface area contributed by atoms with E-state index in [0.717, 1.165) is 5.56 Å². The summed E-state index contributed by atoms with van der Waals surface area (Å²) in [5.41, 5.74) is 1.81. The molecule has 2 rings (SSSR count). The van der Waals surface area contributed by atoms with Crippen LogP contribution in [0.5, 0.6) is 11.5 Å². The molecule has 0 atom stereocenters. The van der Waals surface area contributed by atoms with Crippen LogP contribution < -0.4 is 25.4 Å². The Morgan fingerprint density at radius 1 is 0.933 bits per heavy atom. The highest BCUT2D eigenvalue weighted by atomic mass is 16.5. The molecule has 0 aliphatic rings. The van der Waals surface area contributed by atoms with Gasteiger partial charge in [0, 0.05) is 30.8 Å².